The highest BCUT2D eigenvalue weighted by molar-refractivity contribution is 6.31. The van der Waals surface area contributed by atoms with Gasteiger partial charge in [-0.3, -0.25) is 0 Å². The number of nitrogens with zero attached hydrogens (tertiary/aromatic N) is 2. The third kappa shape index (κ3) is 2.77. The predicted octanol–water partition coefficient (Wildman–Crippen LogP) is 2.66. The van der Waals surface area contributed by atoms with Crippen LogP contribution in [0, 0.1) is 11.3 Å². The van der Waals surface area contributed by atoms with Gasteiger partial charge in [-0.15, -0.1) is 0 Å². The molecule has 1 unspecified atom stereocenters. The van der Waals surface area contributed by atoms with Crippen LogP contribution in [-0.2, 0) is 0 Å². The van der Waals surface area contributed by atoms with Crippen molar-refractivity contribution in [3.05, 3.63) is 23.2 Å². The Morgan fingerprint density at radius 3 is 2.87 bits per heavy atom. The third-order valence-electron chi connectivity index (χ3n) is 2.42. The van der Waals surface area contributed by atoms with E-state index in [1.807, 2.05) is 24.9 Å². The van der Waals surface area contributed by atoms with E-state index < -0.39 is 0 Å². The first-order valence-corrected chi connectivity index (χ1v) is 5.09. The Labute approximate surface area is 95.1 Å². The Hall–Kier alpha value is -1.40. The Morgan fingerprint density at radius 2 is 2.27 bits per heavy atom. The summed E-state index contributed by atoms with van der Waals surface area (Å²) in [5.74, 6) is 0. The van der Waals surface area contributed by atoms with Gasteiger partial charge in [-0.05, 0) is 25.1 Å². The summed E-state index contributed by atoms with van der Waals surface area (Å²) in [6, 6.07) is 7.59. The maximum Gasteiger partial charge on any atom is 0.0643 e. The van der Waals surface area contributed by atoms with Crippen molar-refractivity contribution in [2.45, 2.75) is 19.4 Å². The molecule has 80 valence electrons. The van der Waals surface area contributed by atoms with Crippen LogP contribution in [-0.4, -0.2) is 13.1 Å². The van der Waals surface area contributed by atoms with Crippen LogP contribution >= 0.6 is 11.6 Å². The average molecular weight is 224 g/mol. The van der Waals surface area contributed by atoms with E-state index in [-0.39, 0.29) is 6.04 Å². The minimum atomic E-state index is 0.121. The zero-order valence-electron chi connectivity index (χ0n) is 8.87. The van der Waals surface area contributed by atoms with E-state index in [9.17, 15) is 0 Å². The molecular weight excluding hydrogens is 210 g/mol. The van der Waals surface area contributed by atoms with E-state index in [1.54, 1.807) is 12.1 Å². The SMILES string of the molecule is CC(CC#N)N(C)c1cc(Cl)ccc1N. The lowest BCUT2D eigenvalue weighted by Crippen LogP contribution is -2.29. The number of nitrogens with two attached hydrogens (primary N) is 1. The monoisotopic (exact) mass is 223 g/mol. The molecule has 1 aromatic carbocycles. The molecule has 0 aliphatic heterocycles. The number of halogens is 1. The van der Waals surface area contributed by atoms with Gasteiger partial charge < -0.3 is 10.6 Å². The van der Waals surface area contributed by atoms with Gasteiger partial charge >= 0.3 is 0 Å². The molecule has 0 aromatic heterocycles. The lowest BCUT2D eigenvalue weighted by molar-refractivity contribution is 0.703. The van der Waals surface area contributed by atoms with Gasteiger partial charge in [0.15, 0.2) is 0 Å². The van der Waals surface area contributed by atoms with Gasteiger partial charge in [-0.2, -0.15) is 5.26 Å². The van der Waals surface area contributed by atoms with Gasteiger partial charge in [-0.1, -0.05) is 11.6 Å². The van der Waals surface area contributed by atoms with Gasteiger partial charge in [0, 0.05) is 18.1 Å². The molecule has 3 nitrogen and oxygen atoms in total. The van der Waals surface area contributed by atoms with Crippen molar-refractivity contribution in [2.75, 3.05) is 17.7 Å². The first-order chi connectivity index (χ1) is 7.06. The van der Waals surface area contributed by atoms with Crippen molar-refractivity contribution in [3.8, 4) is 6.07 Å². The van der Waals surface area contributed by atoms with Crippen molar-refractivity contribution < 1.29 is 0 Å². The molecule has 2 N–H and O–H groups in total. The summed E-state index contributed by atoms with van der Waals surface area (Å²) in [7, 11) is 1.91. The van der Waals surface area contributed by atoms with Crippen LogP contribution in [0.15, 0.2) is 18.2 Å². The van der Waals surface area contributed by atoms with E-state index in [0.29, 0.717) is 17.1 Å². The summed E-state index contributed by atoms with van der Waals surface area (Å²) < 4.78 is 0. The number of anilines is 2. The molecule has 15 heavy (non-hydrogen) atoms. The molecule has 0 saturated heterocycles. The predicted molar refractivity (Wildman–Crippen MR) is 64.0 cm³/mol. The van der Waals surface area contributed by atoms with E-state index in [2.05, 4.69) is 6.07 Å². The number of rotatable bonds is 3. The Balaban J connectivity index is 2.95. The molecular formula is C11H14ClN3. The minimum absolute atomic E-state index is 0.121. The highest BCUT2D eigenvalue weighted by atomic mass is 35.5. The molecule has 0 aliphatic rings. The Kier molecular flexibility index (Phi) is 3.81. The number of hydrogen-bond acceptors (Lipinski definition) is 3. The number of benzene rings is 1. The molecule has 0 radical (unpaired) electrons. The van der Waals surface area contributed by atoms with Crippen LogP contribution in [0.3, 0.4) is 0 Å². The van der Waals surface area contributed by atoms with Gasteiger partial charge in [0.2, 0.25) is 0 Å². The van der Waals surface area contributed by atoms with Gasteiger partial charge in [0.25, 0.3) is 0 Å². The van der Waals surface area contributed by atoms with E-state index in [1.165, 1.54) is 0 Å². The maximum atomic E-state index is 8.62. The molecule has 0 heterocycles. The first-order valence-electron chi connectivity index (χ1n) is 4.71. The highest BCUT2D eigenvalue weighted by Crippen LogP contribution is 2.27. The lowest BCUT2D eigenvalue weighted by Gasteiger charge is -2.26. The molecule has 0 fully saturated rings. The number of hydrogen-bond donors (Lipinski definition) is 1. The van der Waals surface area contributed by atoms with Crippen LogP contribution in [0.4, 0.5) is 11.4 Å². The fourth-order valence-electron chi connectivity index (χ4n) is 1.33. The van der Waals surface area contributed by atoms with Gasteiger partial charge in [0.05, 0.1) is 23.9 Å². The topological polar surface area (TPSA) is 53.0 Å². The molecule has 4 heteroatoms. The summed E-state index contributed by atoms with van der Waals surface area (Å²) in [4.78, 5) is 1.96. The molecule has 1 aromatic rings. The molecule has 0 saturated carbocycles. The fourth-order valence-corrected chi connectivity index (χ4v) is 1.50. The quantitative estimate of drug-likeness (QED) is 0.802. The second kappa shape index (κ2) is 4.90. The minimum Gasteiger partial charge on any atom is -0.397 e. The largest absolute Gasteiger partial charge is 0.397 e. The van der Waals surface area contributed by atoms with Crippen molar-refractivity contribution in [1.82, 2.24) is 0 Å². The fraction of sp³-hybridized carbons (Fsp3) is 0.364. The average Bonchev–Trinajstić information content (AvgIpc) is 2.21. The van der Waals surface area contributed by atoms with E-state index >= 15 is 0 Å². The van der Waals surface area contributed by atoms with Crippen LogP contribution in [0.1, 0.15) is 13.3 Å². The zero-order valence-corrected chi connectivity index (χ0v) is 9.62. The van der Waals surface area contributed by atoms with Crippen LogP contribution in [0.25, 0.3) is 0 Å². The smallest absolute Gasteiger partial charge is 0.0643 e. The summed E-state index contributed by atoms with van der Waals surface area (Å²) in [6.45, 7) is 1.98. The van der Waals surface area contributed by atoms with Crippen LogP contribution in [0.5, 0.6) is 0 Å². The summed E-state index contributed by atoms with van der Waals surface area (Å²) in [5.41, 5.74) is 7.38. The maximum absolute atomic E-state index is 8.62. The number of nitriles is 1. The molecule has 1 rings (SSSR count). The van der Waals surface area contributed by atoms with Crippen LogP contribution < -0.4 is 10.6 Å². The van der Waals surface area contributed by atoms with Crippen molar-refractivity contribution in [2.24, 2.45) is 0 Å². The van der Waals surface area contributed by atoms with Crippen molar-refractivity contribution in [3.63, 3.8) is 0 Å². The van der Waals surface area contributed by atoms with Crippen LogP contribution in [0.2, 0.25) is 5.02 Å². The highest BCUT2D eigenvalue weighted by Gasteiger charge is 2.12. The lowest BCUT2D eigenvalue weighted by atomic mass is 10.2. The Morgan fingerprint density at radius 1 is 1.60 bits per heavy atom. The zero-order chi connectivity index (χ0) is 11.4. The van der Waals surface area contributed by atoms with Gasteiger partial charge in [0.1, 0.15) is 0 Å². The normalized spacial score (nSPS) is 11.9. The standard InChI is InChI=1S/C11H14ClN3/c1-8(5-6-13)15(2)11-7-9(12)3-4-10(11)14/h3-4,7-8H,5,14H2,1-2H3. The summed E-state index contributed by atoms with van der Waals surface area (Å²) in [6.07, 6.45) is 0.461. The second-order valence-electron chi connectivity index (χ2n) is 3.53. The summed E-state index contributed by atoms with van der Waals surface area (Å²) in [5, 5.41) is 9.27. The molecule has 0 spiro atoms. The summed E-state index contributed by atoms with van der Waals surface area (Å²) >= 11 is 5.90. The molecule has 0 amide bonds. The first kappa shape index (κ1) is 11.7. The van der Waals surface area contributed by atoms with Gasteiger partial charge in [-0.25, -0.2) is 0 Å². The second-order valence-corrected chi connectivity index (χ2v) is 3.96. The molecule has 0 aliphatic carbocycles. The molecule has 0 bridgehead atoms. The Bertz CT molecular complexity index is 384. The number of nitrogen functional groups attached to an aromatic ring is 1. The molecule has 1 atom stereocenters. The van der Waals surface area contributed by atoms with Crippen molar-refractivity contribution >= 4 is 23.0 Å². The van der Waals surface area contributed by atoms with E-state index in [0.717, 1.165) is 5.69 Å². The third-order valence-corrected chi connectivity index (χ3v) is 2.66. The van der Waals surface area contributed by atoms with E-state index in [4.69, 9.17) is 22.6 Å². The van der Waals surface area contributed by atoms with Crippen molar-refractivity contribution in [1.29, 1.82) is 5.26 Å².